The van der Waals surface area contributed by atoms with Gasteiger partial charge >= 0.3 is 0 Å². The van der Waals surface area contributed by atoms with Crippen molar-refractivity contribution in [3.63, 3.8) is 0 Å². The molecule has 1 amide bonds. The molecule has 1 aliphatic rings. The van der Waals surface area contributed by atoms with Crippen LogP contribution < -0.4 is 9.64 Å². The molecule has 0 aliphatic carbocycles. The van der Waals surface area contributed by atoms with Crippen LogP contribution in [0.25, 0.3) is 0 Å². The molecule has 0 spiro atoms. The Kier molecular flexibility index (Phi) is 7.00. The van der Waals surface area contributed by atoms with Crippen LogP contribution in [0, 0.1) is 0 Å². The fourth-order valence-electron chi connectivity index (χ4n) is 3.25. The number of rotatable bonds is 8. The molecule has 0 atom stereocenters. The maximum absolute atomic E-state index is 12.5. The lowest BCUT2D eigenvalue weighted by atomic mass is 10.1. The molecule has 6 heteroatoms. The van der Waals surface area contributed by atoms with Crippen LogP contribution in [0.2, 0.25) is 0 Å². The molecule has 1 aliphatic heterocycles. The first kappa shape index (κ1) is 19.9. The molecule has 0 unspecified atom stereocenters. The van der Waals surface area contributed by atoms with Crippen molar-refractivity contribution >= 4 is 17.4 Å². The zero-order chi connectivity index (χ0) is 19.8. The minimum absolute atomic E-state index is 0.00851. The van der Waals surface area contributed by atoms with E-state index in [0.29, 0.717) is 25.3 Å². The van der Waals surface area contributed by atoms with Crippen molar-refractivity contribution in [2.75, 3.05) is 37.7 Å². The Morgan fingerprint density at radius 2 is 1.64 bits per heavy atom. The molecule has 1 aromatic heterocycles. The number of aromatic nitrogens is 1. The average Bonchev–Trinajstić information content (AvgIpc) is 2.77. The van der Waals surface area contributed by atoms with Gasteiger partial charge in [-0.15, -0.1) is 0 Å². The van der Waals surface area contributed by atoms with E-state index in [4.69, 9.17) is 4.74 Å². The topological polar surface area (TPSA) is 62.7 Å². The predicted octanol–water partition coefficient (Wildman–Crippen LogP) is 3.18. The van der Waals surface area contributed by atoms with Crippen LogP contribution in [-0.4, -0.2) is 54.4 Å². The molecule has 6 nitrogen and oxygen atoms in total. The highest BCUT2D eigenvalue weighted by Gasteiger charge is 2.21. The Morgan fingerprint density at radius 3 is 2.29 bits per heavy atom. The fraction of sp³-hybridized carbons (Fsp3) is 0.409. The first-order valence-electron chi connectivity index (χ1n) is 9.86. The van der Waals surface area contributed by atoms with E-state index in [1.165, 1.54) is 0 Å². The third kappa shape index (κ3) is 5.31. The Hall–Kier alpha value is -2.89. The van der Waals surface area contributed by atoms with Crippen molar-refractivity contribution in [1.82, 2.24) is 9.88 Å². The molecule has 1 aromatic carbocycles. The van der Waals surface area contributed by atoms with Gasteiger partial charge in [0.25, 0.3) is 0 Å². The van der Waals surface area contributed by atoms with Gasteiger partial charge in [0.2, 0.25) is 5.91 Å². The van der Waals surface area contributed by atoms with Crippen molar-refractivity contribution in [1.29, 1.82) is 0 Å². The number of carbonyl (C=O) groups is 2. The van der Waals surface area contributed by atoms with E-state index in [0.717, 1.165) is 30.9 Å². The van der Waals surface area contributed by atoms with Gasteiger partial charge < -0.3 is 14.5 Å². The molecule has 1 saturated heterocycles. The van der Waals surface area contributed by atoms with Gasteiger partial charge in [-0.25, -0.2) is 0 Å². The number of anilines is 1. The van der Waals surface area contributed by atoms with Gasteiger partial charge in [-0.3, -0.25) is 14.6 Å². The third-order valence-corrected chi connectivity index (χ3v) is 4.88. The number of piperazine rings is 1. The first-order chi connectivity index (χ1) is 13.7. The Labute approximate surface area is 166 Å². The molecule has 0 radical (unpaired) electrons. The maximum atomic E-state index is 12.5. The number of carbonyl (C=O) groups excluding carboxylic acids is 2. The zero-order valence-electron chi connectivity index (χ0n) is 16.3. The van der Waals surface area contributed by atoms with Crippen LogP contribution in [0.4, 0.5) is 5.69 Å². The standard InChI is InChI=1S/C22H27N3O3/c1-2-17-28-20-5-3-18(4-6-20)21(26)7-8-22(27)25-15-13-24(14-16-25)19-9-11-23-12-10-19/h3-6,9-12H,2,7-8,13-17H2,1H3. The highest BCUT2D eigenvalue weighted by atomic mass is 16.5. The monoisotopic (exact) mass is 381 g/mol. The number of hydrogen-bond acceptors (Lipinski definition) is 5. The molecule has 3 rings (SSSR count). The van der Waals surface area contributed by atoms with E-state index in [-0.39, 0.29) is 24.5 Å². The van der Waals surface area contributed by atoms with Crippen LogP contribution in [0.5, 0.6) is 5.75 Å². The molecule has 0 N–H and O–H groups in total. The highest BCUT2D eigenvalue weighted by Crippen LogP contribution is 2.17. The molecule has 2 aromatic rings. The number of pyridine rings is 1. The quantitative estimate of drug-likeness (QED) is 0.657. The molecule has 0 saturated carbocycles. The van der Waals surface area contributed by atoms with Crippen LogP contribution in [0.3, 0.4) is 0 Å². The van der Waals surface area contributed by atoms with E-state index >= 15 is 0 Å². The summed E-state index contributed by atoms with van der Waals surface area (Å²) in [5.74, 6) is 0.804. The summed E-state index contributed by atoms with van der Waals surface area (Å²) in [5.41, 5.74) is 1.75. The minimum atomic E-state index is -0.00851. The van der Waals surface area contributed by atoms with Crippen molar-refractivity contribution in [2.45, 2.75) is 26.2 Å². The lowest BCUT2D eigenvalue weighted by Gasteiger charge is -2.36. The van der Waals surface area contributed by atoms with Crippen molar-refractivity contribution < 1.29 is 14.3 Å². The van der Waals surface area contributed by atoms with Gasteiger partial charge in [-0.2, -0.15) is 0 Å². The normalized spacial score (nSPS) is 14.0. The van der Waals surface area contributed by atoms with Gasteiger partial charge in [0.1, 0.15) is 5.75 Å². The molecule has 0 bridgehead atoms. The largest absolute Gasteiger partial charge is 0.494 e. The molecule has 1 fully saturated rings. The summed E-state index contributed by atoms with van der Waals surface area (Å²) in [6.45, 7) is 5.66. The molecular formula is C22H27N3O3. The van der Waals surface area contributed by atoms with Crippen LogP contribution in [0.15, 0.2) is 48.8 Å². The number of benzene rings is 1. The summed E-state index contributed by atoms with van der Waals surface area (Å²) >= 11 is 0. The first-order valence-corrected chi connectivity index (χ1v) is 9.86. The van der Waals surface area contributed by atoms with Gasteiger partial charge in [-0.05, 0) is 42.8 Å². The SMILES string of the molecule is CCCOc1ccc(C(=O)CCC(=O)N2CCN(c3ccncc3)CC2)cc1. The van der Waals surface area contributed by atoms with Gasteiger partial charge in [0, 0.05) is 62.7 Å². The Bertz CT molecular complexity index is 769. The predicted molar refractivity (Wildman–Crippen MR) is 109 cm³/mol. The Morgan fingerprint density at radius 1 is 0.964 bits per heavy atom. The van der Waals surface area contributed by atoms with E-state index in [1.807, 2.05) is 36.1 Å². The Balaban J connectivity index is 1.43. The summed E-state index contributed by atoms with van der Waals surface area (Å²) in [6.07, 6.45) is 4.99. The van der Waals surface area contributed by atoms with Crippen LogP contribution >= 0.6 is 0 Å². The minimum Gasteiger partial charge on any atom is -0.494 e. The maximum Gasteiger partial charge on any atom is 0.223 e. The van der Waals surface area contributed by atoms with Gasteiger partial charge in [0.15, 0.2) is 5.78 Å². The summed E-state index contributed by atoms with van der Waals surface area (Å²) in [4.78, 5) is 33.0. The molecule has 148 valence electrons. The van der Waals surface area contributed by atoms with E-state index in [2.05, 4.69) is 9.88 Å². The molecule has 28 heavy (non-hydrogen) atoms. The number of Topliss-reactive ketones (excluding diaryl/α,β-unsaturated/α-hetero) is 1. The zero-order valence-corrected chi connectivity index (χ0v) is 16.3. The van der Waals surface area contributed by atoms with Crippen molar-refractivity contribution in [2.24, 2.45) is 0 Å². The van der Waals surface area contributed by atoms with Gasteiger partial charge in [0.05, 0.1) is 6.61 Å². The van der Waals surface area contributed by atoms with E-state index in [9.17, 15) is 9.59 Å². The smallest absolute Gasteiger partial charge is 0.223 e. The number of hydrogen-bond donors (Lipinski definition) is 0. The number of nitrogens with zero attached hydrogens (tertiary/aromatic N) is 3. The second kappa shape index (κ2) is 9.88. The second-order valence-corrected chi connectivity index (χ2v) is 6.87. The number of ether oxygens (including phenoxy) is 1. The lowest BCUT2D eigenvalue weighted by Crippen LogP contribution is -2.48. The summed E-state index contributed by atoms with van der Waals surface area (Å²) in [5, 5.41) is 0. The van der Waals surface area contributed by atoms with E-state index < -0.39 is 0 Å². The summed E-state index contributed by atoms with van der Waals surface area (Å²) in [7, 11) is 0. The fourth-order valence-corrected chi connectivity index (χ4v) is 3.25. The average molecular weight is 381 g/mol. The van der Waals surface area contributed by atoms with Crippen molar-refractivity contribution in [3.8, 4) is 5.75 Å². The van der Waals surface area contributed by atoms with Crippen LogP contribution in [-0.2, 0) is 4.79 Å². The second-order valence-electron chi connectivity index (χ2n) is 6.87. The van der Waals surface area contributed by atoms with Gasteiger partial charge in [-0.1, -0.05) is 6.92 Å². The summed E-state index contributed by atoms with van der Waals surface area (Å²) in [6, 6.07) is 11.1. The molecule has 2 heterocycles. The van der Waals surface area contributed by atoms with Crippen LogP contribution in [0.1, 0.15) is 36.5 Å². The lowest BCUT2D eigenvalue weighted by molar-refractivity contribution is -0.131. The number of amides is 1. The number of ketones is 1. The summed E-state index contributed by atoms with van der Waals surface area (Å²) < 4.78 is 5.53. The van der Waals surface area contributed by atoms with E-state index in [1.54, 1.807) is 24.5 Å². The third-order valence-electron chi connectivity index (χ3n) is 4.88. The highest BCUT2D eigenvalue weighted by molar-refractivity contribution is 5.98. The molecular weight excluding hydrogens is 354 g/mol. The van der Waals surface area contributed by atoms with Crippen molar-refractivity contribution in [3.05, 3.63) is 54.4 Å².